The van der Waals surface area contributed by atoms with Gasteiger partial charge in [-0.25, -0.2) is 14.8 Å². The van der Waals surface area contributed by atoms with Crippen LogP contribution in [0.4, 0.5) is 5.82 Å². The van der Waals surface area contributed by atoms with E-state index in [1.165, 1.54) is 12.4 Å². The standard InChI is InChI=1S/C16H18N4O3/c1-2-6-17-15(21)12-5-3-4-11(7-12)8-19-14-10-18-13(9-20-14)16(22)23/h3-5,7,9-10H,2,6,8H2,1H3,(H,17,21)(H,19,20)(H,22,23). The van der Waals surface area contributed by atoms with Crippen LogP contribution < -0.4 is 10.6 Å². The lowest BCUT2D eigenvalue weighted by molar-refractivity contribution is 0.0689. The van der Waals surface area contributed by atoms with E-state index in [1.54, 1.807) is 12.1 Å². The number of hydrogen-bond acceptors (Lipinski definition) is 5. The molecule has 0 fully saturated rings. The summed E-state index contributed by atoms with van der Waals surface area (Å²) in [5, 5.41) is 14.6. The molecule has 1 amide bonds. The fourth-order valence-electron chi connectivity index (χ4n) is 1.89. The van der Waals surface area contributed by atoms with Gasteiger partial charge in [-0.1, -0.05) is 19.1 Å². The fourth-order valence-corrected chi connectivity index (χ4v) is 1.89. The van der Waals surface area contributed by atoms with Crippen molar-refractivity contribution < 1.29 is 14.7 Å². The van der Waals surface area contributed by atoms with Gasteiger partial charge in [-0.2, -0.15) is 0 Å². The third-order valence-electron chi connectivity index (χ3n) is 3.07. The Balaban J connectivity index is 1.97. The molecular weight excluding hydrogens is 296 g/mol. The van der Waals surface area contributed by atoms with Crippen molar-refractivity contribution in [3.63, 3.8) is 0 Å². The van der Waals surface area contributed by atoms with E-state index in [-0.39, 0.29) is 11.6 Å². The molecule has 0 unspecified atom stereocenters. The van der Waals surface area contributed by atoms with Gasteiger partial charge in [-0.3, -0.25) is 4.79 Å². The molecule has 7 nitrogen and oxygen atoms in total. The van der Waals surface area contributed by atoms with Gasteiger partial charge in [0, 0.05) is 18.7 Å². The summed E-state index contributed by atoms with van der Waals surface area (Å²) in [6.07, 6.45) is 3.44. The zero-order chi connectivity index (χ0) is 16.7. The predicted octanol–water partition coefficient (Wildman–Crippen LogP) is 1.93. The van der Waals surface area contributed by atoms with Crippen LogP contribution in [0.3, 0.4) is 0 Å². The second-order valence-electron chi connectivity index (χ2n) is 4.90. The maximum Gasteiger partial charge on any atom is 0.356 e. The number of nitrogens with one attached hydrogen (secondary N) is 2. The minimum atomic E-state index is -1.12. The van der Waals surface area contributed by atoms with E-state index in [1.807, 2.05) is 19.1 Å². The number of rotatable bonds is 7. The Morgan fingerprint density at radius 3 is 2.70 bits per heavy atom. The highest BCUT2D eigenvalue weighted by atomic mass is 16.4. The summed E-state index contributed by atoms with van der Waals surface area (Å²) in [6, 6.07) is 7.27. The minimum Gasteiger partial charge on any atom is -0.476 e. The summed E-state index contributed by atoms with van der Waals surface area (Å²) in [4.78, 5) is 30.4. The number of carboxylic acids is 1. The highest BCUT2D eigenvalue weighted by molar-refractivity contribution is 5.94. The third kappa shape index (κ3) is 4.77. The topological polar surface area (TPSA) is 104 Å². The monoisotopic (exact) mass is 314 g/mol. The molecule has 0 saturated carbocycles. The van der Waals surface area contributed by atoms with Gasteiger partial charge in [0.2, 0.25) is 0 Å². The maximum absolute atomic E-state index is 11.9. The number of amides is 1. The molecule has 0 saturated heterocycles. The summed E-state index contributed by atoms with van der Waals surface area (Å²) in [5.41, 5.74) is 1.41. The molecule has 7 heteroatoms. The SMILES string of the molecule is CCCNC(=O)c1cccc(CNc2cnc(C(=O)O)cn2)c1. The van der Waals surface area contributed by atoms with E-state index in [9.17, 15) is 9.59 Å². The first-order valence-electron chi connectivity index (χ1n) is 7.26. The van der Waals surface area contributed by atoms with Crippen molar-refractivity contribution in [2.75, 3.05) is 11.9 Å². The molecule has 2 rings (SSSR count). The largest absolute Gasteiger partial charge is 0.476 e. The molecule has 0 radical (unpaired) electrons. The molecule has 3 N–H and O–H groups in total. The summed E-state index contributed by atoms with van der Waals surface area (Å²) in [6.45, 7) is 3.10. The normalized spacial score (nSPS) is 10.1. The van der Waals surface area contributed by atoms with E-state index < -0.39 is 5.97 Å². The van der Waals surface area contributed by atoms with Crippen LogP contribution in [0.15, 0.2) is 36.7 Å². The Kier molecular flexibility index (Phi) is 5.62. The molecule has 0 aliphatic heterocycles. The van der Waals surface area contributed by atoms with Crippen LogP contribution in [0.5, 0.6) is 0 Å². The van der Waals surface area contributed by atoms with E-state index in [2.05, 4.69) is 20.6 Å². The lowest BCUT2D eigenvalue weighted by Gasteiger charge is -2.08. The molecular formula is C16H18N4O3. The van der Waals surface area contributed by atoms with Crippen LogP contribution in [0.1, 0.15) is 39.8 Å². The van der Waals surface area contributed by atoms with Crippen molar-refractivity contribution in [1.29, 1.82) is 0 Å². The number of aromatic carboxylic acids is 1. The van der Waals surface area contributed by atoms with Gasteiger partial charge in [0.05, 0.1) is 12.4 Å². The van der Waals surface area contributed by atoms with Crippen molar-refractivity contribution in [3.05, 3.63) is 53.5 Å². The van der Waals surface area contributed by atoms with Crippen molar-refractivity contribution in [1.82, 2.24) is 15.3 Å². The van der Waals surface area contributed by atoms with Gasteiger partial charge in [-0.15, -0.1) is 0 Å². The number of anilines is 1. The average Bonchev–Trinajstić information content (AvgIpc) is 2.58. The Bertz CT molecular complexity index is 686. The van der Waals surface area contributed by atoms with Crippen LogP contribution in [0.2, 0.25) is 0 Å². The van der Waals surface area contributed by atoms with E-state index in [0.717, 1.165) is 12.0 Å². The van der Waals surface area contributed by atoms with Crippen LogP contribution in [-0.2, 0) is 6.54 Å². The van der Waals surface area contributed by atoms with Gasteiger partial charge < -0.3 is 15.7 Å². The van der Waals surface area contributed by atoms with Gasteiger partial charge in [0.25, 0.3) is 5.91 Å². The fraction of sp³-hybridized carbons (Fsp3) is 0.250. The predicted molar refractivity (Wildman–Crippen MR) is 85.4 cm³/mol. The van der Waals surface area contributed by atoms with Crippen LogP contribution in [0.25, 0.3) is 0 Å². The third-order valence-corrected chi connectivity index (χ3v) is 3.07. The molecule has 120 valence electrons. The molecule has 0 bridgehead atoms. The zero-order valence-corrected chi connectivity index (χ0v) is 12.7. The van der Waals surface area contributed by atoms with Crippen molar-refractivity contribution in [3.8, 4) is 0 Å². The highest BCUT2D eigenvalue weighted by Gasteiger charge is 2.06. The molecule has 0 aliphatic rings. The van der Waals surface area contributed by atoms with E-state index >= 15 is 0 Å². The maximum atomic E-state index is 11.9. The highest BCUT2D eigenvalue weighted by Crippen LogP contribution is 2.08. The quantitative estimate of drug-likeness (QED) is 0.721. The lowest BCUT2D eigenvalue weighted by atomic mass is 10.1. The van der Waals surface area contributed by atoms with Gasteiger partial charge in [-0.05, 0) is 24.1 Å². The van der Waals surface area contributed by atoms with Crippen LogP contribution in [-0.4, -0.2) is 33.5 Å². The molecule has 23 heavy (non-hydrogen) atoms. The number of carbonyl (C=O) groups is 2. The van der Waals surface area contributed by atoms with E-state index in [0.29, 0.717) is 24.5 Å². The number of benzene rings is 1. The van der Waals surface area contributed by atoms with Crippen LogP contribution in [0, 0.1) is 0 Å². The molecule has 1 aromatic heterocycles. The number of hydrogen-bond donors (Lipinski definition) is 3. The molecule has 0 atom stereocenters. The second-order valence-corrected chi connectivity index (χ2v) is 4.90. The van der Waals surface area contributed by atoms with E-state index in [4.69, 9.17) is 5.11 Å². The number of nitrogens with zero attached hydrogens (tertiary/aromatic N) is 2. The Hall–Kier alpha value is -2.96. The Labute approximate surface area is 133 Å². The van der Waals surface area contributed by atoms with Crippen LogP contribution >= 0.6 is 0 Å². The summed E-state index contributed by atoms with van der Waals surface area (Å²) in [5.74, 6) is -0.745. The summed E-state index contributed by atoms with van der Waals surface area (Å²) in [7, 11) is 0. The van der Waals surface area contributed by atoms with Gasteiger partial charge in [0.1, 0.15) is 5.82 Å². The van der Waals surface area contributed by atoms with Crippen molar-refractivity contribution >= 4 is 17.7 Å². The lowest BCUT2D eigenvalue weighted by Crippen LogP contribution is -2.24. The van der Waals surface area contributed by atoms with Gasteiger partial charge in [0.15, 0.2) is 5.69 Å². The Morgan fingerprint density at radius 1 is 1.22 bits per heavy atom. The van der Waals surface area contributed by atoms with Crippen molar-refractivity contribution in [2.24, 2.45) is 0 Å². The Morgan fingerprint density at radius 2 is 2.04 bits per heavy atom. The molecule has 2 aromatic rings. The summed E-state index contributed by atoms with van der Waals surface area (Å²) < 4.78 is 0. The molecule has 0 spiro atoms. The molecule has 1 aromatic carbocycles. The first kappa shape index (κ1) is 16.4. The average molecular weight is 314 g/mol. The number of aromatic nitrogens is 2. The molecule has 1 heterocycles. The second kappa shape index (κ2) is 7.88. The number of carbonyl (C=O) groups excluding carboxylic acids is 1. The minimum absolute atomic E-state index is 0.0979. The van der Waals surface area contributed by atoms with Gasteiger partial charge >= 0.3 is 5.97 Å². The first-order valence-corrected chi connectivity index (χ1v) is 7.26. The smallest absolute Gasteiger partial charge is 0.356 e. The number of carboxylic acid groups (broad SMARTS) is 1. The van der Waals surface area contributed by atoms with Crippen molar-refractivity contribution in [2.45, 2.75) is 19.9 Å². The molecule has 0 aliphatic carbocycles. The zero-order valence-electron chi connectivity index (χ0n) is 12.7. The first-order chi connectivity index (χ1) is 11.1. The summed E-state index contributed by atoms with van der Waals surface area (Å²) >= 11 is 0.